The molecule has 0 aliphatic heterocycles. The van der Waals surface area contributed by atoms with E-state index < -0.39 is 23.6 Å². The maximum Gasteiger partial charge on any atom is 0.409 e. The van der Waals surface area contributed by atoms with Crippen LogP contribution in [0, 0.1) is 35.2 Å². The van der Waals surface area contributed by atoms with Crippen molar-refractivity contribution in [2.75, 3.05) is 0 Å². The molecule has 184 valence electrons. The number of benzene rings is 2. The number of hydrogen-bond acceptors (Lipinski definition) is 0. The molecule has 0 atom stereocenters. The first-order chi connectivity index (χ1) is 16.1. The zero-order valence-corrected chi connectivity index (χ0v) is 19.3. The van der Waals surface area contributed by atoms with Gasteiger partial charge in [-0.15, -0.1) is 0 Å². The molecule has 2 aromatic rings. The zero-order valence-electron chi connectivity index (χ0n) is 19.3. The second-order valence-electron chi connectivity index (χ2n) is 10.1. The van der Waals surface area contributed by atoms with Crippen LogP contribution in [-0.4, -0.2) is 6.18 Å². The molecule has 0 amide bonds. The Morgan fingerprint density at radius 1 is 0.735 bits per heavy atom. The lowest BCUT2D eigenvalue weighted by molar-refractivity contribution is -0.0790. The Balaban J connectivity index is 1.46. The predicted octanol–water partition coefficient (Wildman–Crippen LogP) is 9.45. The molecule has 6 heteroatoms. The van der Waals surface area contributed by atoms with Crippen LogP contribution in [0.15, 0.2) is 36.4 Å². The lowest BCUT2D eigenvalue weighted by atomic mass is 9.68. The highest BCUT2D eigenvalue weighted by atomic mass is 19.4. The average Bonchev–Trinajstić information content (AvgIpc) is 2.78. The van der Waals surface area contributed by atoms with Crippen LogP contribution < -0.4 is 0 Å². The Bertz CT molecular complexity index is 999. The normalized spacial score (nSPS) is 26.2. The second kappa shape index (κ2) is 10.2. The van der Waals surface area contributed by atoms with E-state index in [2.05, 4.69) is 6.92 Å². The van der Waals surface area contributed by atoms with Crippen molar-refractivity contribution in [3.8, 4) is 11.1 Å². The molecule has 4 rings (SSSR count). The first kappa shape index (κ1) is 24.9. The zero-order chi connectivity index (χ0) is 24.5. The molecule has 2 saturated carbocycles. The van der Waals surface area contributed by atoms with Crippen molar-refractivity contribution in [1.29, 1.82) is 0 Å². The van der Waals surface area contributed by atoms with Crippen LogP contribution in [0.3, 0.4) is 0 Å². The molecule has 0 saturated heterocycles. The number of hydrogen-bond donors (Lipinski definition) is 0. The van der Waals surface area contributed by atoms with Crippen LogP contribution in [0.4, 0.5) is 26.3 Å². The third-order valence-corrected chi connectivity index (χ3v) is 7.78. The van der Waals surface area contributed by atoms with E-state index >= 15 is 0 Å². The second-order valence-corrected chi connectivity index (χ2v) is 10.1. The van der Waals surface area contributed by atoms with E-state index in [1.165, 1.54) is 43.9 Å². The summed E-state index contributed by atoms with van der Waals surface area (Å²) in [6, 6.07) is 5.86. The minimum Gasteiger partial charge on any atom is -0.206 e. The summed E-state index contributed by atoms with van der Waals surface area (Å²) >= 11 is 0. The summed E-state index contributed by atoms with van der Waals surface area (Å²) < 4.78 is 81.2. The van der Waals surface area contributed by atoms with E-state index in [1.807, 2.05) is 0 Å². The Morgan fingerprint density at radius 2 is 1.29 bits per heavy atom. The summed E-state index contributed by atoms with van der Waals surface area (Å²) in [4.78, 5) is 0. The molecular formula is C28H30F6. The highest BCUT2D eigenvalue weighted by Gasteiger charge is 2.31. The largest absolute Gasteiger partial charge is 0.409 e. The minimum atomic E-state index is -4.58. The fourth-order valence-electron chi connectivity index (χ4n) is 5.79. The van der Waals surface area contributed by atoms with Gasteiger partial charge in [0.15, 0.2) is 0 Å². The van der Waals surface area contributed by atoms with Crippen molar-refractivity contribution >= 4 is 6.08 Å². The summed E-state index contributed by atoms with van der Waals surface area (Å²) in [6.07, 6.45) is 5.07. The van der Waals surface area contributed by atoms with Gasteiger partial charge in [0, 0.05) is 11.6 Å². The van der Waals surface area contributed by atoms with Gasteiger partial charge in [-0.1, -0.05) is 31.9 Å². The van der Waals surface area contributed by atoms with Crippen LogP contribution >= 0.6 is 0 Å². The summed E-state index contributed by atoms with van der Waals surface area (Å²) in [7, 11) is 0. The molecule has 0 radical (unpaired) electrons. The quantitative estimate of drug-likeness (QED) is 0.382. The van der Waals surface area contributed by atoms with E-state index in [1.54, 1.807) is 0 Å². The first-order valence-electron chi connectivity index (χ1n) is 12.2. The van der Waals surface area contributed by atoms with Crippen LogP contribution in [0.2, 0.25) is 0 Å². The van der Waals surface area contributed by atoms with Gasteiger partial charge in [0.05, 0.1) is 5.56 Å². The topological polar surface area (TPSA) is 0 Å². The summed E-state index contributed by atoms with van der Waals surface area (Å²) in [5.41, 5.74) is -0.0835. The van der Waals surface area contributed by atoms with E-state index in [4.69, 9.17) is 0 Å². The highest BCUT2D eigenvalue weighted by Crippen LogP contribution is 2.44. The van der Waals surface area contributed by atoms with Gasteiger partial charge in [-0.2, -0.15) is 13.2 Å². The third-order valence-electron chi connectivity index (χ3n) is 7.78. The van der Waals surface area contributed by atoms with Crippen molar-refractivity contribution in [3.05, 3.63) is 65.0 Å². The Hall–Kier alpha value is -2.24. The average molecular weight is 481 g/mol. The summed E-state index contributed by atoms with van der Waals surface area (Å²) in [5, 5.41) is 0. The number of rotatable bonds is 4. The molecule has 2 aliphatic carbocycles. The Morgan fingerprint density at radius 3 is 1.82 bits per heavy atom. The van der Waals surface area contributed by atoms with Crippen molar-refractivity contribution in [2.45, 2.75) is 70.4 Å². The van der Waals surface area contributed by atoms with Gasteiger partial charge in [0.1, 0.15) is 17.5 Å². The van der Waals surface area contributed by atoms with Crippen molar-refractivity contribution in [1.82, 2.24) is 0 Å². The Kier molecular flexibility index (Phi) is 7.44. The number of halogens is 6. The standard InChI is InChI=1S/C28H30F6/c1-17-2-4-18(5-3-17)19-6-8-20(9-7-19)23-15-25(30)27(26(31)16-23)22-11-10-21(24(29)14-22)12-13-28(32,33)34/h10-20H,2-9H2,1H3/b13-12+. The Labute approximate surface area is 197 Å². The van der Waals surface area contributed by atoms with E-state index in [0.29, 0.717) is 17.6 Å². The molecule has 34 heavy (non-hydrogen) atoms. The van der Waals surface area contributed by atoms with Crippen LogP contribution in [-0.2, 0) is 0 Å². The molecule has 0 N–H and O–H groups in total. The van der Waals surface area contributed by atoms with Crippen LogP contribution in [0.25, 0.3) is 17.2 Å². The number of allylic oxidation sites excluding steroid dienone is 1. The van der Waals surface area contributed by atoms with E-state index in [0.717, 1.165) is 49.7 Å². The van der Waals surface area contributed by atoms with Gasteiger partial charge in [-0.3, -0.25) is 0 Å². The SMILES string of the molecule is CC1CCC(C2CCC(c3cc(F)c(-c4ccc(/C=C/C(F)(F)F)c(F)c4)c(F)c3)CC2)CC1. The highest BCUT2D eigenvalue weighted by molar-refractivity contribution is 5.68. The fraction of sp³-hybridized carbons (Fsp3) is 0.500. The lowest BCUT2D eigenvalue weighted by Crippen LogP contribution is -2.24. The molecule has 0 heterocycles. The van der Waals surface area contributed by atoms with Crippen molar-refractivity contribution in [2.24, 2.45) is 17.8 Å². The third kappa shape index (κ3) is 5.87. The van der Waals surface area contributed by atoms with Gasteiger partial charge in [0.2, 0.25) is 0 Å². The van der Waals surface area contributed by atoms with E-state index in [-0.39, 0.29) is 28.7 Å². The summed E-state index contributed by atoms with van der Waals surface area (Å²) in [6.45, 7) is 2.31. The van der Waals surface area contributed by atoms with E-state index in [9.17, 15) is 26.3 Å². The molecule has 2 aliphatic rings. The van der Waals surface area contributed by atoms with Gasteiger partial charge in [-0.05, 0) is 97.6 Å². The molecule has 0 aromatic heterocycles. The molecule has 0 nitrogen and oxygen atoms in total. The molecular weight excluding hydrogens is 450 g/mol. The monoisotopic (exact) mass is 480 g/mol. The van der Waals surface area contributed by atoms with Crippen LogP contribution in [0.1, 0.15) is 75.3 Å². The van der Waals surface area contributed by atoms with Gasteiger partial charge >= 0.3 is 6.18 Å². The molecule has 0 bridgehead atoms. The molecule has 2 fully saturated rings. The van der Waals surface area contributed by atoms with Gasteiger partial charge in [0.25, 0.3) is 0 Å². The predicted molar refractivity (Wildman–Crippen MR) is 123 cm³/mol. The minimum absolute atomic E-state index is 0.0431. The fourth-order valence-corrected chi connectivity index (χ4v) is 5.79. The maximum atomic E-state index is 15.0. The van der Waals surface area contributed by atoms with Crippen LogP contribution in [0.5, 0.6) is 0 Å². The van der Waals surface area contributed by atoms with Crippen molar-refractivity contribution in [3.63, 3.8) is 0 Å². The van der Waals surface area contributed by atoms with Gasteiger partial charge < -0.3 is 0 Å². The maximum absolute atomic E-state index is 15.0. The molecule has 0 unspecified atom stereocenters. The number of alkyl halides is 3. The molecule has 2 aromatic carbocycles. The molecule has 0 spiro atoms. The smallest absolute Gasteiger partial charge is 0.206 e. The summed E-state index contributed by atoms with van der Waals surface area (Å²) in [5.74, 6) is -0.145. The first-order valence-corrected chi connectivity index (χ1v) is 12.2. The van der Waals surface area contributed by atoms with Crippen molar-refractivity contribution < 1.29 is 26.3 Å². The van der Waals surface area contributed by atoms with Gasteiger partial charge in [-0.25, -0.2) is 13.2 Å². The lowest BCUT2D eigenvalue weighted by Gasteiger charge is -2.37.